The Bertz CT molecular complexity index is 961. The van der Waals surface area contributed by atoms with Gasteiger partial charge in [0.05, 0.1) is 12.7 Å². The molecular weight excluding hydrogens is 352 g/mol. The fraction of sp³-hybridized carbons (Fsp3) is 0.200. The Balaban J connectivity index is 1.56. The van der Waals surface area contributed by atoms with E-state index in [0.717, 1.165) is 5.56 Å². The second kappa shape index (κ2) is 6.68. The molecule has 0 radical (unpaired) electrons. The average molecular weight is 368 g/mol. The van der Waals surface area contributed by atoms with Crippen molar-refractivity contribution in [3.63, 3.8) is 0 Å². The van der Waals surface area contributed by atoms with Crippen LogP contribution in [0.15, 0.2) is 42.2 Å². The smallest absolute Gasteiger partial charge is 0.346 e. The molecule has 2 aliphatic rings. The van der Waals surface area contributed by atoms with Gasteiger partial charge in [-0.1, -0.05) is 6.07 Å². The molecule has 7 heteroatoms. The van der Waals surface area contributed by atoms with Crippen molar-refractivity contribution in [2.75, 3.05) is 13.9 Å². The summed E-state index contributed by atoms with van der Waals surface area (Å²) >= 11 is 0. The molecule has 0 fully saturated rings. The van der Waals surface area contributed by atoms with Crippen molar-refractivity contribution < 1.29 is 33.3 Å². The number of carbonyl (C=O) groups excluding carboxylic acids is 2. The number of benzene rings is 2. The van der Waals surface area contributed by atoms with Gasteiger partial charge >= 0.3 is 5.97 Å². The van der Waals surface area contributed by atoms with Gasteiger partial charge in [0.1, 0.15) is 11.5 Å². The molecule has 1 atom stereocenters. The van der Waals surface area contributed by atoms with Gasteiger partial charge in [0.25, 0.3) is 0 Å². The maximum Gasteiger partial charge on any atom is 0.346 e. The Morgan fingerprint density at radius 1 is 1.11 bits per heavy atom. The molecule has 0 saturated carbocycles. The van der Waals surface area contributed by atoms with Crippen molar-refractivity contribution in [1.29, 1.82) is 0 Å². The predicted octanol–water partition coefficient (Wildman–Crippen LogP) is 2.97. The van der Waals surface area contributed by atoms with E-state index >= 15 is 0 Å². The molecule has 2 aliphatic heterocycles. The molecule has 0 unspecified atom stereocenters. The van der Waals surface area contributed by atoms with E-state index in [1.54, 1.807) is 43.3 Å². The van der Waals surface area contributed by atoms with Crippen LogP contribution >= 0.6 is 0 Å². The number of ether oxygens (including phenoxy) is 5. The minimum Gasteiger partial charge on any atom is -0.479 e. The Kier molecular flexibility index (Phi) is 4.19. The summed E-state index contributed by atoms with van der Waals surface area (Å²) in [6, 6.07) is 10.2. The van der Waals surface area contributed by atoms with Crippen LogP contribution in [0, 0.1) is 0 Å². The summed E-state index contributed by atoms with van der Waals surface area (Å²) < 4.78 is 26.5. The highest BCUT2D eigenvalue weighted by atomic mass is 16.7. The predicted molar refractivity (Wildman–Crippen MR) is 94.0 cm³/mol. The molecule has 27 heavy (non-hydrogen) atoms. The number of hydrogen-bond donors (Lipinski definition) is 0. The Labute approximate surface area is 155 Å². The molecule has 0 spiro atoms. The van der Waals surface area contributed by atoms with Crippen molar-refractivity contribution in [2.24, 2.45) is 0 Å². The third-order valence-electron chi connectivity index (χ3n) is 4.18. The van der Waals surface area contributed by atoms with Crippen LogP contribution in [-0.4, -0.2) is 31.8 Å². The molecule has 7 nitrogen and oxygen atoms in total. The standard InChI is InChI=1S/C20H16O7/c1-11(20(22)23-2)26-13-4-5-14-16(9-13)27-18(19(14)21)8-12-3-6-15-17(7-12)25-10-24-15/h3-9,11H,10H2,1-2H3/t11-/m0/s1. The zero-order chi connectivity index (χ0) is 19.0. The zero-order valence-electron chi connectivity index (χ0n) is 14.7. The molecule has 0 bridgehead atoms. The number of ketones is 1. The van der Waals surface area contributed by atoms with Gasteiger partial charge in [-0.05, 0) is 42.8 Å². The van der Waals surface area contributed by atoms with Crippen molar-refractivity contribution in [2.45, 2.75) is 13.0 Å². The van der Waals surface area contributed by atoms with Crippen LogP contribution < -0.4 is 18.9 Å². The van der Waals surface area contributed by atoms with E-state index in [-0.39, 0.29) is 18.3 Å². The first-order chi connectivity index (χ1) is 13.0. The van der Waals surface area contributed by atoms with Gasteiger partial charge in [0, 0.05) is 6.07 Å². The summed E-state index contributed by atoms with van der Waals surface area (Å²) in [5.41, 5.74) is 1.19. The number of methoxy groups -OCH3 is 1. The Morgan fingerprint density at radius 2 is 1.93 bits per heavy atom. The third-order valence-corrected chi connectivity index (χ3v) is 4.18. The first-order valence-corrected chi connectivity index (χ1v) is 8.27. The van der Waals surface area contributed by atoms with Crippen molar-refractivity contribution in [1.82, 2.24) is 0 Å². The normalized spacial score (nSPS) is 16.7. The van der Waals surface area contributed by atoms with E-state index in [4.69, 9.17) is 18.9 Å². The van der Waals surface area contributed by atoms with Crippen LogP contribution in [0.3, 0.4) is 0 Å². The number of esters is 1. The van der Waals surface area contributed by atoms with Crippen LogP contribution in [0.25, 0.3) is 6.08 Å². The van der Waals surface area contributed by atoms with Crippen LogP contribution in [0.1, 0.15) is 22.8 Å². The number of Topliss-reactive ketones (excluding diaryl/α,β-unsaturated/α-hetero) is 1. The average Bonchev–Trinajstić information content (AvgIpc) is 3.25. The van der Waals surface area contributed by atoms with Crippen LogP contribution in [0.4, 0.5) is 0 Å². The van der Waals surface area contributed by atoms with Crippen molar-refractivity contribution in [3.05, 3.63) is 53.3 Å². The molecule has 0 aromatic heterocycles. The first-order valence-electron chi connectivity index (χ1n) is 8.27. The maximum atomic E-state index is 12.6. The summed E-state index contributed by atoms with van der Waals surface area (Å²) in [5.74, 6) is 1.55. The summed E-state index contributed by atoms with van der Waals surface area (Å²) in [6.45, 7) is 1.76. The van der Waals surface area contributed by atoms with Gasteiger partial charge in [-0.15, -0.1) is 0 Å². The van der Waals surface area contributed by atoms with Crippen molar-refractivity contribution in [3.8, 4) is 23.0 Å². The van der Waals surface area contributed by atoms with E-state index in [1.807, 2.05) is 6.07 Å². The lowest BCUT2D eigenvalue weighted by Crippen LogP contribution is -2.24. The van der Waals surface area contributed by atoms with Gasteiger partial charge in [0.2, 0.25) is 12.6 Å². The second-order valence-corrected chi connectivity index (χ2v) is 5.99. The number of rotatable bonds is 4. The third kappa shape index (κ3) is 3.19. The molecule has 2 aromatic carbocycles. The van der Waals surface area contributed by atoms with E-state index in [9.17, 15) is 9.59 Å². The molecule has 2 aromatic rings. The fourth-order valence-electron chi connectivity index (χ4n) is 2.81. The zero-order valence-corrected chi connectivity index (χ0v) is 14.7. The van der Waals surface area contributed by atoms with Crippen LogP contribution in [0.5, 0.6) is 23.0 Å². The van der Waals surface area contributed by atoms with Gasteiger partial charge in [-0.2, -0.15) is 0 Å². The number of fused-ring (bicyclic) bond motifs is 2. The van der Waals surface area contributed by atoms with Crippen LogP contribution in [0.2, 0.25) is 0 Å². The lowest BCUT2D eigenvalue weighted by Gasteiger charge is -2.12. The summed E-state index contributed by atoms with van der Waals surface area (Å²) in [7, 11) is 1.29. The highest BCUT2D eigenvalue weighted by Crippen LogP contribution is 2.37. The molecule has 0 saturated heterocycles. The maximum absolute atomic E-state index is 12.6. The monoisotopic (exact) mass is 368 g/mol. The minimum atomic E-state index is -0.770. The van der Waals surface area contributed by atoms with Gasteiger partial charge in [-0.3, -0.25) is 4.79 Å². The van der Waals surface area contributed by atoms with Gasteiger partial charge < -0.3 is 23.7 Å². The molecule has 138 valence electrons. The summed E-state index contributed by atoms with van der Waals surface area (Å²) in [5, 5.41) is 0. The fourth-order valence-corrected chi connectivity index (χ4v) is 2.81. The Morgan fingerprint density at radius 3 is 2.74 bits per heavy atom. The highest BCUT2D eigenvalue weighted by molar-refractivity contribution is 6.14. The van der Waals surface area contributed by atoms with Gasteiger partial charge in [0.15, 0.2) is 23.4 Å². The molecular formula is C20H16O7. The van der Waals surface area contributed by atoms with E-state index < -0.39 is 12.1 Å². The number of carbonyl (C=O) groups is 2. The molecule has 0 N–H and O–H groups in total. The molecule has 0 amide bonds. The minimum absolute atomic E-state index is 0.184. The Hall–Kier alpha value is -3.48. The van der Waals surface area contributed by atoms with Gasteiger partial charge in [-0.25, -0.2) is 4.79 Å². The van der Waals surface area contributed by atoms with E-state index in [1.165, 1.54) is 7.11 Å². The topological polar surface area (TPSA) is 80.3 Å². The molecule has 4 rings (SSSR count). The van der Waals surface area contributed by atoms with E-state index in [0.29, 0.717) is 28.6 Å². The largest absolute Gasteiger partial charge is 0.479 e. The first kappa shape index (κ1) is 17.0. The van der Waals surface area contributed by atoms with Crippen molar-refractivity contribution >= 4 is 17.8 Å². The SMILES string of the molecule is COC(=O)[C@H](C)Oc1ccc2c(c1)OC(=Cc1ccc3c(c1)OCO3)C2=O. The number of hydrogen-bond acceptors (Lipinski definition) is 7. The lowest BCUT2D eigenvalue weighted by atomic mass is 10.1. The van der Waals surface area contributed by atoms with E-state index in [2.05, 4.69) is 4.74 Å². The van der Waals surface area contributed by atoms with Crippen LogP contribution in [-0.2, 0) is 9.53 Å². The quantitative estimate of drug-likeness (QED) is 0.606. The molecule has 0 aliphatic carbocycles. The summed E-state index contributed by atoms with van der Waals surface area (Å²) in [6.07, 6.45) is 0.871. The highest BCUT2D eigenvalue weighted by Gasteiger charge is 2.28. The summed E-state index contributed by atoms with van der Waals surface area (Å²) in [4.78, 5) is 24.0. The number of allylic oxidation sites excluding steroid dienone is 1. The second-order valence-electron chi connectivity index (χ2n) is 5.99. The molecule has 2 heterocycles. The lowest BCUT2D eigenvalue weighted by molar-refractivity contribution is -0.147.